The topological polar surface area (TPSA) is 95.9 Å². The number of thioether (sulfide) groups is 1. The molecular weight excluding hydrogens is 443 g/mol. The minimum absolute atomic E-state index is 0.0477. The lowest BCUT2D eigenvalue weighted by Crippen LogP contribution is -2.52. The van der Waals surface area contributed by atoms with Crippen molar-refractivity contribution >= 4 is 33.4 Å². The number of benzene rings is 1. The summed E-state index contributed by atoms with van der Waals surface area (Å²) in [6, 6.07) is 5.05. The van der Waals surface area contributed by atoms with Gasteiger partial charge in [0.05, 0.1) is 23.3 Å². The number of carboxylic acids is 1. The number of fused-ring (bicyclic) bond motifs is 1. The number of rotatable bonds is 8. The molecule has 7 nitrogen and oxygen atoms in total. The number of ether oxygens (including phenoxy) is 1. The van der Waals surface area contributed by atoms with E-state index in [4.69, 9.17) is 9.84 Å². The number of carbonyl (C=O) groups is 1. The summed E-state index contributed by atoms with van der Waals surface area (Å²) < 4.78 is 48.3. The van der Waals surface area contributed by atoms with Crippen LogP contribution in [0.2, 0.25) is 0 Å². The fraction of sp³-hybridized carbons (Fsp3) is 0.381. The van der Waals surface area contributed by atoms with Crippen LogP contribution in [0.25, 0.3) is 0 Å². The maximum absolute atomic E-state index is 13.5. The van der Waals surface area contributed by atoms with Crippen molar-refractivity contribution in [3.05, 3.63) is 64.2 Å². The molecule has 31 heavy (non-hydrogen) atoms. The predicted molar refractivity (Wildman–Crippen MR) is 119 cm³/mol. The van der Waals surface area contributed by atoms with Crippen LogP contribution in [0.5, 0.6) is 0 Å². The molecule has 0 bridgehead atoms. The molecule has 1 fully saturated rings. The van der Waals surface area contributed by atoms with Gasteiger partial charge in [0.15, 0.2) is 5.76 Å². The minimum atomic E-state index is -3.90. The second-order valence-electron chi connectivity index (χ2n) is 7.25. The zero-order valence-corrected chi connectivity index (χ0v) is 18.9. The number of aliphatic carboxylic acids is 1. The number of hydrogen-bond donors (Lipinski definition) is 2. The van der Waals surface area contributed by atoms with Gasteiger partial charge in [-0.1, -0.05) is 19.8 Å². The first-order chi connectivity index (χ1) is 14.8. The zero-order valence-electron chi connectivity index (χ0n) is 17.2. The monoisotopic (exact) mass is 468 g/mol. The molecule has 2 N–H and O–H groups in total. The SMILES string of the molecule is CCCCC1CC2C(=C(O/C=C/C(=O)O)C(SC)=CN2c2ccc(F)cc2)S(=O)(=O)N1. The molecule has 1 saturated heterocycles. The van der Waals surface area contributed by atoms with E-state index in [0.717, 1.165) is 25.2 Å². The Morgan fingerprint density at radius 1 is 1.39 bits per heavy atom. The molecule has 0 amide bonds. The Hall–Kier alpha value is -2.30. The summed E-state index contributed by atoms with van der Waals surface area (Å²) in [6.07, 6.45) is 8.34. The molecule has 10 heteroatoms. The van der Waals surface area contributed by atoms with Crippen LogP contribution in [0, 0.1) is 5.82 Å². The van der Waals surface area contributed by atoms with Crippen LogP contribution in [0.1, 0.15) is 32.6 Å². The summed E-state index contributed by atoms with van der Waals surface area (Å²) in [6.45, 7) is 2.04. The summed E-state index contributed by atoms with van der Waals surface area (Å²) >= 11 is 1.27. The molecule has 0 spiro atoms. The first-order valence-corrected chi connectivity index (χ1v) is 12.6. The van der Waals surface area contributed by atoms with Crippen molar-refractivity contribution < 1.29 is 27.4 Å². The van der Waals surface area contributed by atoms with Crippen molar-refractivity contribution in [1.29, 1.82) is 0 Å². The summed E-state index contributed by atoms with van der Waals surface area (Å²) in [7, 11) is -3.90. The van der Waals surface area contributed by atoms with Gasteiger partial charge in [-0.25, -0.2) is 22.3 Å². The first kappa shape index (κ1) is 23.4. The third kappa shape index (κ3) is 5.31. The van der Waals surface area contributed by atoms with E-state index in [-0.39, 0.29) is 22.5 Å². The lowest BCUT2D eigenvalue weighted by atomic mass is 9.98. The van der Waals surface area contributed by atoms with E-state index in [1.807, 2.05) is 11.8 Å². The van der Waals surface area contributed by atoms with E-state index in [1.165, 1.54) is 23.9 Å². The standard InChI is InChI=1S/C21H25FN2O5S2/c1-3-4-5-15-12-17-21(31(27,28)23-15)20(29-11-10-19(25)26)18(30-2)13-24(17)16-8-6-14(22)7-9-16/h6-11,13,15,17,23H,3-5,12H2,1-2H3,(H,25,26)/b11-10+. The molecule has 1 aromatic rings. The maximum atomic E-state index is 13.5. The van der Waals surface area contributed by atoms with Gasteiger partial charge in [-0.15, -0.1) is 11.8 Å². The van der Waals surface area contributed by atoms with Crippen LogP contribution in [0.3, 0.4) is 0 Å². The minimum Gasteiger partial charge on any atom is -0.478 e. The molecule has 3 rings (SSSR count). The molecule has 2 aliphatic rings. The van der Waals surface area contributed by atoms with Crippen molar-refractivity contribution in [3.8, 4) is 0 Å². The van der Waals surface area contributed by atoms with E-state index < -0.39 is 22.0 Å². The summed E-state index contributed by atoms with van der Waals surface area (Å²) in [4.78, 5) is 13.2. The third-order valence-electron chi connectivity index (χ3n) is 5.11. The maximum Gasteiger partial charge on any atom is 0.331 e. The lowest BCUT2D eigenvalue weighted by molar-refractivity contribution is -0.131. The highest BCUT2D eigenvalue weighted by atomic mass is 32.2. The normalized spacial score (nSPS) is 22.9. The van der Waals surface area contributed by atoms with E-state index in [1.54, 1.807) is 24.6 Å². The quantitative estimate of drug-likeness (QED) is 0.441. The van der Waals surface area contributed by atoms with E-state index in [9.17, 15) is 17.6 Å². The largest absolute Gasteiger partial charge is 0.478 e. The molecule has 168 valence electrons. The number of unbranched alkanes of at least 4 members (excludes halogenated alkanes) is 1. The molecule has 2 heterocycles. The van der Waals surface area contributed by atoms with E-state index >= 15 is 0 Å². The van der Waals surface area contributed by atoms with Crippen molar-refractivity contribution in [3.63, 3.8) is 0 Å². The molecule has 1 aromatic carbocycles. The number of halogens is 1. The van der Waals surface area contributed by atoms with E-state index in [0.29, 0.717) is 23.4 Å². The molecule has 2 atom stereocenters. The average molecular weight is 469 g/mol. The van der Waals surface area contributed by atoms with Crippen LogP contribution < -0.4 is 9.62 Å². The van der Waals surface area contributed by atoms with Gasteiger partial charge in [-0.2, -0.15) is 0 Å². The van der Waals surface area contributed by atoms with Gasteiger partial charge in [0.1, 0.15) is 10.7 Å². The van der Waals surface area contributed by atoms with Gasteiger partial charge in [0.25, 0.3) is 0 Å². The Morgan fingerprint density at radius 3 is 2.71 bits per heavy atom. The smallest absolute Gasteiger partial charge is 0.331 e. The Kier molecular flexibility index (Phi) is 7.45. The molecule has 0 saturated carbocycles. The fourth-order valence-electron chi connectivity index (χ4n) is 3.71. The Morgan fingerprint density at radius 2 is 2.10 bits per heavy atom. The average Bonchev–Trinajstić information content (AvgIpc) is 2.72. The van der Waals surface area contributed by atoms with Crippen LogP contribution in [-0.4, -0.2) is 37.8 Å². The van der Waals surface area contributed by atoms with Gasteiger partial charge in [-0.05, 0) is 43.4 Å². The second kappa shape index (κ2) is 9.88. The second-order valence-corrected chi connectivity index (χ2v) is 9.78. The Labute approximate surface area is 185 Å². The first-order valence-electron chi connectivity index (χ1n) is 9.89. The molecule has 2 unspecified atom stereocenters. The Balaban J connectivity index is 2.11. The van der Waals surface area contributed by atoms with Gasteiger partial charge in [-0.3, -0.25) is 0 Å². The zero-order chi connectivity index (χ0) is 22.6. The number of nitrogens with zero attached hydrogens (tertiary/aromatic N) is 1. The van der Waals surface area contributed by atoms with Crippen LogP contribution in [0.4, 0.5) is 10.1 Å². The van der Waals surface area contributed by atoms with Crippen LogP contribution >= 0.6 is 11.8 Å². The highest BCUT2D eigenvalue weighted by molar-refractivity contribution is 8.02. The van der Waals surface area contributed by atoms with Crippen molar-refractivity contribution in [2.75, 3.05) is 11.2 Å². The number of hydrogen-bond acceptors (Lipinski definition) is 6. The van der Waals surface area contributed by atoms with Gasteiger partial charge in [0, 0.05) is 17.9 Å². The summed E-state index contributed by atoms with van der Waals surface area (Å²) in [5, 5.41) is 8.86. The van der Waals surface area contributed by atoms with Crippen molar-refractivity contribution in [2.24, 2.45) is 0 Å². The van der Waals surface area contributed by atoms with Gasteiger partial charge in [0.2, 0.25) is 10.0 Å². The highest BCUT2D eigenvalue weighted by Gasteiger charge is 2.44. The third-order valence-corrected chi connectivity index (χ3v) is 7.52. The predicted octanol–water partition coefficient (Wildman–Crippen LogP) is 3.93. The van der Waals surface area contributed by atoms with Gasteiger partial charge >= 0.3 is 5.97 Å². The number of carboxylic acid groups (broad SMARTS) is 1. The molecule has 0 aromatic heterocycles. The van der Waals surface area contributed by atoms with E-state index in [2.05, 4.69) is 4.72 Å². The van der Waals surface area contributed by atoms with Gasteiger partial charge < -0.3 is 14.7 Å². The number of anilines is 1. The van der Waals surface area contributed by atoms with Crippen LogP contribution in [-0.2, 0) is 19.6 Å². The molecule has 2 aliphatic heterocycles. The summed E-state index contributed by atoms with van der Waals surface area (Å²) in [5.74, 6) is -1.48. The Bertz CT molecular complexity index is 1020. The number of sulfonamides is 1. The molecule has 0 radical (unpaired) electrons. The lowest BCUT2D eigenvalue weighted by Gasteiger charge is -2.42. The molecule has 0 aliphatic carbocycles. The van der Waals surface area contributed by atoms with Crippen LogP contribution in [0.15, 0.2) is 58.4 Å². The van der Waals surface area contributed by atoms with Crippen molar-refractivity contribution in [1.82, 2.24) is 4.72 Å². The van der Waals surface area contributed by atoms with Crippen molar-refractivity contribution in [2.45, 2.75) is 44.7 Å². The fourth-order valence-corrected chi connectivity index (χ4v) is 6.09. The highest BCUT2D eigenvalue weighted by Crippen LogP contribution is 2.42. The number of nitrogens with one attached hydrogen (secondary N) is 1. The summed E-state index contributed by atoms with van der Waals surface area (Å²) in [5.41, 5.74) is 0.655. The molecular formula is C21H25FN2O5S2.